The van der Waals surface area contributed by atoms with E-state index in [0.717, 1.165) is 31.5 Å². The Bertz CT molecular complexity index is 602. The summed E-state index contributed by atoms with van der Waals surface area (Å²) >= 11 is 12.1. The molecule has 1 saturated heterocycles. The molecule has 22 heavy (non-hydrogen) atoms. The van der Waals surface area contributed by atoms with Crippen LogP contribution in [0.15, 0.2) is 18.2 Å². The van der Waals surface area contributed by atoms with Crippen molar-refractivity contribution >= 4 is 33.2 Å². The number of rotatable bonds is 6. The van der Waals surface area contributed by atoms with Crippen LogP contribution in [0.3, 0.4) is 0 Å². The molecule has 1 aromatic carbocycles. The van der Waals surface area contributed by atoms with Gasteiger partial charge in [0, 0.05) is 6.04 Å². The Balaban J connectivity index is 2.29. The fourth-order valence-corrected chi connectivity index (χ4v) is 4.52. The molecule has 0 aliphatic carbocycles. The van der Waals surface area contributed by atoms with Gasteiger partial charge in [-0.25, -0.2) is 13.1 Å². The first-order valence-electron chi connectivity index (χ1n) is 7.58. The third-order valence-corrected chi connectivity index (χ3v) is 6.24. The Kier molecular flexibility index (Phi) is 6.53. The van der Waals surface area contributed by atoms with Crippen molar-refractivity contribution in [1.82, 2.24) is 10.0 Å². The van der Waals surface area contributed by atoms with Crippen LogP contribution in [-0.4, -0.2) is 27.3 Å². The first-order chi connectivity index (χ1) is 10.4. The van der Waals surface area contributed by atoms with E-state index >= 15 is 0 Å². The summed E-state index contributed by atoms with van der Waals surface area (Å²) in [5.74, 6) is 0.389. The van der Waals surface area contributed by atoms with Gasteiger partial charge in [-0.3, -0.25) is 0 Å². The van der Waals surface area contributed by atoms with E-state index in [9.17, 15) is 8.42 Å². The molecule has 7 heteroatoms. The number of halogens is 2. The van der Waals surface area contributed by atoms with Crippen molar-refractivity contribution in [2.24, 2.45) is 5.92 Å². The summed E-state index contributed by atoms with van der Waals surface area (Å²) in [5, 5.41) is 4.23. The molecule has 1 aliphatic rings. The quantitative estimate of drug-likeness (QED) is 0.813. The van der Waals surface area contributed by atoms with Gasteiger partial charge in [-0.1, -0.05) is 36.2 Å². The molecule has 2 N–H and O–H groups in total. The second-order valence-corrected chi connectivity index (χ2v) is 8.36. The Hall–Kier alpha value is -0.330. The topological polar surface area (TPSA) is 58.2 Å². The fraction of sp³-hybridized carbons (Fsp3) is 0.600. The molecule has 4 nitrogen and oxygen atoms in total. The zero-order valence-corrected chi connectivity index (χ0v) is 14.9. The van der Waals surface area contributed by atoms with Crippen LogP contribution in [0.2, 0.25) is 10.0 Å². The lowest BCUT2D eigenvalue weighted by molar-refractivity contribution is 0.306. The average molecular weight is 365 g/mol. The highest BCUT2D eigenvalue weighted by Gasteiger charge is 2.28. The van der Waals surface area contributed by atoms with E-state index in [1.54, 1.807) is 12.1 Å². The summed E-state index contributed by atoms with van der Waals surface area (Å²) in [6.45, 7) is 3.66. The summed E-state index contributed by atoms with van der Waals surface area (Å²) in [6, 6.07) is 5.09. The number of benzene rings is 1. The molecule has 1 unspecified atom stereocenters. The predicted octanol–water partition coefficient (Wildman–Crippen LogP) is 3.36. The third-order valence-electron chi connectivity index (χ3n) is 3.94. The van der Waals surface area contributed by atoms with Crippen LogP contribution in [0.25, 0.3) is 0 Å². The van der Waals surface area contributed by atoms with Gasteiger partial charge >= 0.3 is 0 Å². The second kappa shape index (κ2) is 7.97. The minimum atomic E-state index is -3.30. The SMILES string of the molecule is CCCS(=O)(=O)NC(c1ccc(Cl)c(Cl)c1)C1CCNCC1. The molecule has 0 aromatic heterocycles. The lowest BCUT2D eigenvalue weighted by Crippen LogP contribution is -2.39. The van der Waals surface area contributed by atoms with Gasteiger partial charge in [0.1, 0.15) is 0 Å². The summed E-state index contributed by atoms with van der Waals surface area (Å²) in [4.78, 5) is 0. The molecule has 0 saturated carbocycles. The third kappa shape index (κ3) is 4.83. The lowest BCUT2D eigenvalue weighted by atomic mass is 9.86. The van der Waals surface area contributed by atoms with E-state index in [2.05, 4.69) is 10.0 Å². The second-order valence-electron chi connectivity index (χ2n) is 5.68. The normalized spacial score (nSPS) is 18.3. The molecule has 1 atom stereocenters. The summed E-state index contributed by atoms with van der Waals surface area (Å²) in [6.07, 6.45) is 2.45. The van der Waals surface area contributed by atoms with Gasteiger partial charge in [-0.15, -0.1) is 0 Å². The minimum absolute atomic E-state index is 0.135. The fourth-order valence-electron chi connectivity index (χ4n) is 2.84. The molecule has 1 fully saturated rings. The van der Waals surface area contributed by atoms with E-state index in [-0.39, 0.29) is 17.7 Å². The average Bonchev–Trinajstić information content (AvgIpc) is 2.49. The molecule has 0 spiro atoms. The van der Waals surface area contributed by atoms with Crippen molar-refractivity contribution in [3.05, 3.63) is 33.8 Å². The number of hydrogen-bond donors (Lipinski definition) is 2. The zero-order valence-electron chi connectivity index (χ0n) is 12.6. The first kappa shape index (κ1) is 18.0. The molecule has 0 radical (unpaired) electrons. The Labute approximate surface area is 142 Å². The van der Waals surface area contributed by atoms with Gasteiger partial charge in [0.15, 0.2) is 0 Å². The van der Waals surface area contributed by atoms with E-state index in [1.165, 1.54) is 0 Å². The van der Waals surface area contributed by atoms with Crippen LogP contribution in [0.5, 0.6) is 0 Å². The minimum Gasteiger partial charge on any atom is -0.317 e. The van der Waals surface area contributed by atoms with Gasteiger partial charge in [-0.2, -0.15) is 0 Å². The molecule has 1 aromatic rings. The maximum Gasteiger partial charge on any atom is 0.212 e. The standard InChI is InChI=1S/C15H22Cl2N2O2S/c1-2-9-22(20,21)19-15(11-5-7-18-8-6-11)12-3-4-13(16)14(17)10-12/h3-4,10-11,15,18-19H,2,5-9H2,1H3. The van der Waals surface area contributed by atoms with E-state index in [0.29, 0.717) is 16.5 Å². The largest absolute Gasteiger partial charge is 0.317 e. The van der Waals surface area contributed by atoms with E-state index < -0.39 is 10.0 Å². The van der Waals surface area contributed by atoms with Gasteiger partial charge in [0.05, 0.1) is 15.8 Å². The summed E-state index contributed by atoms with van der Waals surface area (Å²) in [5.41, 5.74) is 0.876. The van der Waals surface area contributed by atoms with Crippen LogP contribution in [0.4, 0.5) is 0 Å². The van der Waals surface area contributed by atoms with Crippen molar-refractivity contribution in [1.29, 1.82) is 0 Å². The van der Waals surface area contributed by atoms with E-state index in [4.69, 9.17) is 23.2 Å². The van der Waals surface area contributed by atoms with Gasteiger partial charge in [0.2, 0.25) is 10.0 Å². The number of hydrogen-bond acceptors (Lipinski definition) is 3. The van der Waals surface area contributed by atoms with Crippen molar-refractivity contribution in [2.75, 3.05) is 18.8 Å². The first-order valence-corrected chi connectivity index (χ1v) is 9.99. The van der Waals surface area contributed by atoms with Crippen LogP contribution in [0.1, 0.15) is 37.8 Å². The van der Waals surface area contributed by atoms with Crippen LogP contribution < -0.4 is 10.0 Å². The molecule has 124 valence electrons. The summed E-state index contributed by atoms with van der Waals surface area (Å²) in [7, 11) is -3.30. The monoisotopic (exact) mass is 364 g/mol. The molecule has 1 aliphatic heterocycles. The number of sulfonamides is 1. The van der Waals surface area contributed by atoms with Crippen LogP contribution in [0, 0.1) is 5.92 Å². The predicted molar refractivity (Wildman–Crippen MR) is 92.0 cm³/mol. The Morgan fingerprint density at radius 1 is 1.27 bits per heavy atom. The lowest BCUT2D eigenvalue weighted by Gasteiger charge is -2.31. The molecular formula is C15H22Cl2N2O2S. The van der Waals surface area contributed by atoms with Crippen LogP contribution in [-0.2, 0) is 10.0 Å². The molecular weight excluding hydrogens is 343 g/mol. The van der Waals surface area contributed by atoms with E-state index in [1.807, 2.05) is 13.0 Å². The number of piperidine rings is 1. The molecule has 1 heterocycles. The highest BCUT2D eigenvalue weighted by Crippen LogP contribution is 2.33. The van der Waals surface area contributed by atoms with Crippen molar-refractivity contribution < 1.29 is 8.42 Å². The Morgan fingerprint density at radius 3 is 2.55 bits per heavy atom. The smallest absolute Gasteiger partial charge is 0.212 e. The molecule has 0 amide bonds. The maximum absolute atomic E-state index is 12.2. The van der Waals surface area contributed by atoms with Gasteiger partial charge in [-0.05, 0) is 56.0 Å². The van der Waals surface area contributed by atoms with Gasteiger partial charge < -0.3 is 5.32 Å². The zero-order chi connectivity index (χ0) is 16.2. The van der Waals surface area contributed by atoms with Crippen LogP contribution >= 0.6 is 23.2 Å². The van der Waals surface area contributed by atoms with Gasteiger partial charge in [0.25, 0.3) is 0 Å². The van der Waals surface area contributed by atoms with Crippen molar-refractivity contribution in [2.45, 2.75) is 32.2 Å². The van der Waals surface area contributed by atoms with Crippen molar-refractivity contribution in [3.8, 4) is 0 Å². The molecule has 0 bridgehead atoms. The van der Waals surface area contributed by atoms with Crippen molar-refractivity contribution in [3.63, 3.8) is 0 Å². The highest BCUT2D eigenvalue weighted by atomic mass is 35.5. The maximum atomic E-state index is 12.2. The summed E-state index contributed by atoms with van der Waals surface area (Å²) < 4.78 is 27.3. The highest BCUT2D eigenvalue weighted by molar-refractivity contribution is 7.89. The number of nitrogens with one attached hydrogen (secondary N) is 2. The Morgan fingerprint density at radius 2 is 1.95 bits per heavy atom. The molecule has 2 rings (SSSR count).